The van der Waals surface area contributed by atoms with Crippen molar-refractivity contribution in [3.63, 3.8) is 0 Å². The maximum absolute atomic E-state index is 11.5. The van der Waals surface area contributed by atoms with Crippen molar-refractivity contribution in [1.29, 1.82) is 0 Å². The third kappa shape index (κ3) is 3.29. The zero-order valence-corrected chi connectivity index (χ0v) is 10.3. The molecule has 2 rings (SSSR count). The second kappa shape index (κ2) is 5.80. The summed E-state index contributed by atoms with van der Waals surface area (Å²) in [5, 5.41) is 0. The molecule has 1 atom stereocenters. The number of hydrogen-bond donors (Lipinski definition) is 0. The molecule has 3 nitrogen and oxygen atoms in total. The van der Waals surface area contributed by atoms with Crippen molar-refractivity contribution < 1.29 is 9.53 Å². The van der Waals surface area contributed by atoms with Crippen LogP contribution in [0.5, 0.6) is 5.75 Å². The first-order valence-corrected chi connectivity index (χ1v) is 6.39. The quantitative estimate of drug-likeness (QED) is 0.802. The van der Waals surface area contributed by atoms with Gasteiger partial charge < -0.3 is 4.74 Å². The zero-order valence-electron chi connectivity index (χ0n) is 10.3. The SMILES string of the molecule is CCCOc1cncc(C2CCCC(=O)C2)c1. The van der Waals surface area contributed by atoms with Crippen LogP contribution in [0, 0.1) is 0 Å². The normalized spacial score (nSPS) is 20.3. The third-order valence-electron chi connectivity index (χ3n) is 3.16. The lowest BCUT2D eigenvalue weighted by Gasteiger charge is -2.21. The van der Waals surface area contributed by atoms with Crippen molar-refractivity contribution in [2.45, 2.75) is 44.9 Å². The predicted octanol–water partition coefficient (Wildman–Crippen LogP) is 3.10. The standard InChI is InChI=1S/C14H19NO2/c1-2-6-17-14-8-12(9-15-10-14)11-4-3-5-13(16)7-11/h8-11H,2-7H2,1H3. The van der Waals surface area contributed by atoms with E-state index in [0.717, 1.165) is 37.0 Å². The molecule has 1 aliphatic carbocycles. The molecule has 0 amide bonds. The Hall–Kier alpha value is -1.38. The van der Waals surface area contributed by atoms with E-state index in [-0.39, 0.29) is 0 Å². The van der Waals surface area contributed by atoms with E-state index < -0.39 is 0 Å². The minimum atomic E-state index is 0.342. The molecule has 1 aromatic heterocycles. The van der Waals surface area contributed by atoms with Gasteiger partial charge in [0.25, 0.3) is 0 Å². The highest BCUT2D eigenvalue weighted by Crippen LogP contribution is 2.31. The minimum absolute atomic E-state index is 0.342. The highest BCUT2D eigenvalue weighted by Gasteiger charge is 2.21. The van der Waals surface area contributed by atoms with Crippen LogP contribution < -0.4 is 4.74 Å². The molecule has 1 heterocycles. The summed E-state index contributed by atoms with van der Waals surface area (Å²) in [4.78, 5) is 15.7. The van der Waals surface area contributed by atoms with Gasteiger partial charge >= 0.3 is 0 Å². The lowest BCUT2D eigenvalue weighted by Crippen LogP contribution is -2.13. The predicted molar refractivity (Wildman–Crippen MR) is 66.2 cm³/mol. The number of carbonyl (C=O) groups is 1. The van der Waals surface area contributed by atoms with Crippen LogP contribution in [0.2, 0.25) is 0 Å². The van der Waals surface area contributed by atoms with Gasteiger partial charge in [-0.15, -0.1) is 0 Å². The largest absolute Gasteiger partial charge is 0.492 e. The molecule has 92 valence electrons. The molecule has 1 aliphatic rings. The van der Waals surface area contributed by atoms with E-state index in [1.165, 1.54) is 0 Å². The van der Waals surface area contributed by atoms with Crippen LogP contribution in [-0.4, -0.2) is 17.4 Å². The van der Waals surface area contributed by atoms with Gasteiger partial charge in [-0.25, -0.2) is 0 Å². The van der Waals surface area contributed by atoms with E-state index in [4.69, 9.17) is 4.74 Å². The molecule has 0 N–H and O–H groups in total. The van der Waals surface area contributed by atoms with Crippen molar-refractivity contribution in [2.75, 3.05) is 6.61 Å². The summed E-state index contributed by atoms with van der Waals surface area (Å²) >= 11 is 0. The van der Waals surface area contributed by atoms with Crippen molar-refractivity contribution in [2.24, 2.45) is 0 Å². The second-order valence-corrected chi connectivity index (χ2v) is 4.63. The van der Waals surface area contributed by atoms with Gasteiger partial charge in [-0.3, -0.25) is 9.78 Å². The summed E-state index contributed by atoms with van der Waals surface area (Å²) in [6.07, 6.45) is 8.10. The van der Waals surface area contributed by atoms with E-state index in [2.05, 4.69) is 11.9 Å². The van der Waals surface area contributed by atoms with Crippen LogP contribution in [0.15, 0.2) is 18.5 Å². The fourth-order valence-corrected chi connectivity index (χ4v) is 2.27. The molecular formula is C14H19NO2. The molecule has 0 aliphatic heterocycles. The molecule has 1 unspecified atom stereocenters. The lowest BCUT2D eigenvalue weighted by atomic mass is 9.84. The molecule has 0 aromatic carbocycles. The number of carbonyl (C=O) groups excluding carboxylic acids is 1. The fourth-order valence-electron chi connectivity index (χ4n) is 2.27. The Balaban J connectivity index is 2.06. The van der Waals surface area contributed by atoms with E-state index >= 15 is 0 Å². The van der Waals surface area contributed by atoms with Gasteiger partial charge in [-0.1, -0.05) is 6.92 Å². The molecule has 3 heteroatoms. The first-order chi connectivity index (χ1) is 8.29. The number of hydrogen-bond acceptors (Lipinski definition) is 3. The Morgan fingerprint density at radius 2 is 2.35 bits per heavy atom. The fraction of sp³-hybridized carbons (Fsp3) is 0.571. The van der Waals surface area contributed by atoms with Crippen LogP contribution in [0.1, 0.15) is 50.5 Å². The van der Waals surface area contributed by atoms with Crippen molar-refractivity contribution in [3.8, 4) is 5.75 Å². The highest BCUT2D eigenvalue weighted by molar-refractivity contribution is 5.80. The number of pyridine rings is 1. The molecule has 17 heavy (non-hydrogen) atoms. The molecule has 1 fully saturated rings. The second-order valence-electron chi connectivity index (χ2n) is 4.63. The maximum Gasteiger partial charge on any atom is 0.137 e. The highest BCUT2D eigenvalue weighted by atomic mass is 16.5. The topological polar surface area (TPSA) is 39.2 Å². The van der Waals surface area contributed by atoms with Crippen molar-refractivity contribution >= 4 is 5.78 Å². The first kappa shape index (κ1) is 12.1. The lowest BCUT2D eigenvalue weighted by molar-refractivity contribution is -0.120. The monoisotopic (exact) mass is 233 g/mol. The van der Waals surface area contributed by atoms with E-state index in [1.54, 1.807) is 6.20 Å². The van der Waals surface area contributed by atoms with E-state index in [1.807, 2.05) is 12.3 Å². The summed E-state index contributed by atoms with van der Waals surface area (Å²) in [7, 11) is 0. The summed E-state index contributed by atoms with van der Waals surface area (Å²) in [6.45, 7) is 2.80. The average molecular weight is 233 g/mol. The summed E-state index contributed by atoms with van der Waals surface area (Å²) < 4.78 is 5.57. The number of ether oxygens (including phenoxy) is 1. The summed E-state index contributed by atoms with van der Waals surface area (Å²) in [6, 6.07) is 2.03. The van der Waals surface area contributed by atoms with Gasteiger partial charge in [0, 0.05) is 19.0 Å². The molecule has 0 radical (unpaired) electrons. The third-order valence-corrected chi connectivity index (χ3v) is 3.16. The van der Waals surface area contributed by atoms with Crippen LogP contribution in [-0.2, 0) is 4.79 Å². The van der Waals surface area contributed by atoms with Gasteiger partial charge in [0.1, 0.15) is 11.5 Å². The Labute approximate surface area is 102 Å². The van der Waals surface area contributed by atoms with Gasteiger partial charge in [-0.2, -0.15) is 0 Å². The Bertz CT molecular complexity index is 390. The number of nitrogens with zero attached hydrogens (tertiary/aromatic N) is 1. The molecule has 0 bridgehead atoms. The van der Waals surface area contributed by atoms with E-state index in [9.17, 15) is 4.79 Å². The summed E-state index contributed by atoms with van der Waals surface area (Å²) in [5.41, 5.74) is 1.15. The van der Waals surface area contributed by atoms with Gasteiger partial charge in [-0.05, 0) is 36.8 Å². The van der Waals surface area contributed by atoms with Crippen LogP contribution in [0.4, 0.5) is 0 Å². The smallest absolute Gasteiger partial charge is 0.137 e. The van der Waals surface area contributed by atoms with Crippen LogP contribution >= 0.6 is 0 Å². The van der Waals surface area contributed by atoms with Gasteiger partial charge in [0.05, 0.1) is 12.8 Å². The summed E-state index contributed by atoms with van der Waals surface area (Å²) in [5.74, 6) is 1.54. The number of Topliss-reactive ketones (excluding diaryl/α,β-unsaturated/α-hetero) is 1. The van der Waals surface area contributed by atoms with Crippen molar-refractivity contribution in [1.82, 2.24) is 4.98 Å². The average Bonchev–Trinajstić information content (AvgIpc) is 2.37. The number of ketones is 1. The molecule has 0 saturated heterocycles. The molecular weight excluding hydrogens is 214 g/mol. The molecule has 1 aromatic rings. The van der Waals surface area contributed by atoms with Crippen molar-refractivity contribution in [3.05, 3.63) is 24.0 Å². The minimum Gasteiger partial charge on any atom is -0.492 e. The molecule has 0 spiro atoms. The molecule has 1 saturated carbocycles. The Kier molecular flexibility index (Phi) is 4.13. The van der Waals surface area contributed by atoms with Crippen LogP contribution in [0.25, 0.3) is 0 Å². The Morgan fingerprint density at radius 1 is 1.47 bits per heavy atom. The van der Waals surface area contributed by atoms with Crippen LogP contribution in [0.3, 0.4) is 0 Å². The Morgan fingerprint density at radius 3 is 3.12 bits per heavy atom. The van der Waals surface area contributed by atoms with E-state index in [0.29, 0.717) is 24.7 Å². The maximum atomic E-state index is 11.5. The number of aromatic nitrogens is 1. The van der Waals surface area contributed by atoms with Gasteiger partial charge in [0.15, 0.2) is 0 Å². The number of rotatable bonds is 4. The zero-order chi connectivity index (χ0) is 12.1. The van der Waals surface area contributed by atoms with Gasteiger partial charge in [0.2, 0.25) is 0 Å². The first-order valence-electron chi connectivity index (χ1n) is 6.39.